The third-order valence-electron chi connectivity index (χ3n) is 3.55. The van der Waals surface area contributed by atoms with Crippen molar-refractivity contribution in [3.63, 3.8) is 0 Å². The topological polar surface area (TPSA) is 57.0 Å². The molecule has 0 radical (unpaired) electrons. The Bertz CT molecular complexity index is 687. The number of nitrogens with zero attached hydrogens (tertiary/aromatic N) is 3. The van der Waals surface area contributed by atoms with Crippen molar-refractivity contribution in [2.24, 2.45) is 0 Å². The van der Waals surface area contributed by atoms with Crippen LogP contribution < -0.4 is 0 Å². The van der Waals surface area contributed by atoms with Gasteiger partial charge < -0.3 is 4.90 Å². The number of nitriles is 1. The lowest BCUT2D eigenvalue weighted by molar-refractivity contribution is 0.0727. The SMILES string of the molecule is N#Cc1cccc(C(=O)N(Cc2ccccn2)C2CC2)c1. The van der Waals surface area contributed by atoms with Crippen molar-refractivity contribution in [1.82, 2.24) is 9.88 Å². The van der Waals surface area contributed by atoms with Gasteiger partial charge in [-0.2, -0.15) is 5.26 Å². The monoisotopic (exact) mass is 277 g/mol. The van der Waals surface area contributed by atoms with E-state index in [9.17, 15) is 4.79 Å². The van der Waals surface area contributed by atoms with E-state index in [0.29, 0.717) is 23.7 Å². The summed E-state index contributed by atoms with van der Waals surface area (Å²) in [5.41, 5.74) is 1.96. The summed E-state index contributed by atoms with van der Waals surface area (Å²) in [6.07, 6.45) is 3.81. The van der Waals surface area contributed by atoms with Gasteiger partial charge in [-0.15, -0.1) is 0 Å². The van der Waals surface area contributed by atoms with Gasteiger partial charge in [0, 0.05) is 17.8 Å². The van der Waals surface area contributed by atoms with E-state index in [1.807, 2.05) is 23.1 Å². The zero-order valence-electron chi connectivity index (χ0n) is 11.6. The van der Waals surface area contributed by atoms with Crippen LogP contribution >= 0.6 is 0 Å². The van der Waals surface area contributed by atoms with Crippen LogP contribution in [0.15, 0.2) is 48.7 Å². The van der Waals surface area contributed by atoms with Gasteiger partial charge in [-0.3, -0.25) is 9.78 Å². The Kier molecular flexibility index (Phi) is 3.65. The van der Waals surface area contributed by atoms with Gasteiger partial charge >= 0.3 is 0 Å². The van der Waals surface area contributed by atoms with E-state index >= 15 is 0 Å². The number of pyridine rings is 1. The number of hydrogen-bond donors (Lipinski definition) is 0. The molecule has 0 spiro atoms. The van der Waals surface area contributed by atoms with Gasteiger partial charge in [0.2, 0.25) is 0 Å². The highest BCUT2D eigenvalue weighted by atomic mass is 16.2. The molecule has 1 saturated carbocycles. The normalized spacial score (nSPS) is 13.5. The Morgan fingerprint density at radius 2 is 2.14 bits per heavy atom. The number of benzene rings is 1. The molecule has 1 heterocycles. The predicted octanol–water partition coefficient (Wildman–Crippen LogP) is 2.76. The Morgan fingerprint density at radius 1 is 1.29 bits per heavy atom. The summed E-state index contributed by atoms with van der Waals surface area (Å²) in [7, 11) is 0. The largest absolute Gasteiger partial charge is 0.330 e. The summed E-state index contributed by atoms with van der Waals surface area (Å²) in [5, 5.41) is 8.95. The van der Waals surface area contributed by atoms with Gasteiger partial charge in [-0.05, 0) is 43.2 Å². The Balaban J connectivity index is 1.83. The van der Waals surface area contributed by atoms with Gasteiger partial charge in [-0.25, -0.2) is 0 Å². The number of aromatic nitrogens is 1. The fourth-order valence-electron chi connectivity index (χ4n) is 2.31. The molecular weight excluding hydrogens is 262 g/mol. The van der Waals surface area contributed by atoms with E-state index in [-0.39, 0.29) is 5.91 Å². The summed E-state index contributed by atoms with van der Waals surface area (Å²) < 4.78 is 0. The smallest absolute Gasteiger partial charge is 0.254 e. The lowest BCUT2D eigenvalue weighted by Crippen LogP contribution is -2.32. The molecule has 0 atom stereocenters. The minimum Gasteiger partial charge on any atom is -0.330 e. The highest BCUT2D eigenvalue weighted by Gasteiger charge is 2.33. The van der Waals surface area contributed by atoms with E-state index in [4.69, 9.17) is 5.26 Å². The highest BCUT2D eigenvalue weighted by molar-refractivity contribution is 5.95. The number of carbonyl (C=O) groups is 1. The van der Waals surface area contributed by atoms with Gasteiger partial charge in [0.05, 0.1) is 23.9 Å². The number of carbonyl (C=O) groups excluding carboxylic acids is 1. The third kappa shape index (κ3) is 3.09. The molecule has 1 amide bonds. The summed E-state index contributed by atoms with van der Waals surface area (Å²) in [6, 6.07) is 14.9. The maximum absolute atomic E-state index is 12.7. The van der Waals surface area contributed by atoms with Crippen LogP contribution in [0.25, 0.3) is 0 Å². The predicted molar refractivity (Wildman–Crippen MR) is 78.3 cm³/mol. The summed E-state index contributed by atoms with van der Waals surface area (Å²) >= 11 is 0. The Labute approximate surface area is 123 Å². The average molecular weight is 277 g/mol. The van der Waals surface area contributed by atoms with E-state index in [1.165, 1.54) is 0 Å². The Hall–Kier alpha value is -2.67. The second-order valence-electron chi connectivity index (χ2n) is 5.18. The molecule has 1 aliphatic carbocycles. The van der Waals surface area contributed by atoms with Crippen molar-refractivity contribution in [3.05, 3.63) is 65.5 Å². The van der Waals surface area contributed by atoms with Crippen LogP contribution in [0, 0.1) is 11.3 Å². The minimum atomic E-state index is -0.0275. The minimum absolute atomic E-state index is 0.0275. The second kappa shape index (κ2) is 5.76. The van der Waals surface area contributed by atoms with Crippen LogP contribution in [0.2, 0.25) is 0 Å². The molecule has 0 bridgehead atoms. The lowest BCUT2D eigenvalue weighted by Gasteiger charge is -2.22. The number of rotatable bonds is 4. The zero-order chi connectivity index (χ0) is 14.7. The van der Waals surface area contributed by atoms with Gasteiger partial charge in [0.25, 0.3) is 5.91 Å². The third-order valence-corrected chi connectivity index (χ3v) is 3.55. The van der Waals surface area contributed by atoms with E-state index < -0.39 is 0 Å². The highest BCUT2D eigenvalue weighted by Crippen LogP contribution is 2.29. The molecule has 2 aromatic rings. The van der Waals surface area contributed by atoms with Crippen molar-refractivity contribution in [2.45, 2.75) is 25.4 Å². The molecule has 0 unspecified atom stereocenters. The fraction of sp³-hybridized carbons (Fsp3) is 0.235. The molecule has 1 aromatic heterocycles. The van der Waals surface area contributed by atoms with Crippen LogP contribution in [0.4, 0.5) is 0 Å². The molecule has 0 N–H and O–H groups in total. The molecule has 4 nitrogen and oxygen atoms in total. The summed E-state index contributed by atoms with van der Waals surface area (Å²) in [5.74, 6) is -0.0275. The first-order valence-corrected chi connectivity index (χ1v) is 6.99. The Morgan fingerprint density at radius 3 is 2.81 bits per heavy atom. The van der Waals surface area contributed by atoms with Crippen molar-refractivity contribution in [3.8, 4) is 6.07 Å². The first kappa shape index (κ1) is 13.3. The molecule has 21 heavy (non-hydrogen) atoms. The first-order chi connectivity index (χ1) is 10.3. The quantitative estimate of drug-likeness (QED) is 0.863. The zero-order valence-corrected chi connectivity index (χ0v) is 11.6. The second-order valence-corrected chi connectivity index (χ2v) is 5.18. The number of amides is 1. The van der Waals surface area contributed by atoms with Crippen LogP contribution in [-0.4, -0.2) is 21.8 Å². The molecular formula is C17H15N3O. The molecule has 1 fully saturated rings. The van der Waals surface area contributed by atoms with Crippen molar-refractivity contribution in [2.75, 3.05) is 0 Å². The summed E-state index contributed by atoms with van der Waals surface area (Å²) in [4.78, 5) is 18.8. The van der Waals surface area contributed by atoms with Crippen molar-refractivity contribution >= 4 is 5.91 Å². The molecule has 0 saturated heterocycles. The maximum atomic E-state index is 12.7. The standard InChI is InChI=1S/C17H15N3O/c18-11-13-4-3-5-14(10-13)17(21)20(16-7-8-16)12-15-6-1-2-9-19-15/h1-6,9-10,16H,7-8,12H2. The molecule has 1 aliphatic rings. The van der Waals surface area contributed by atoms with Crippen LogP contribution in [0.1, 0.15) is 34.5 Å². The van der Waals surface area contributed by atoms with E-state index in [0.717, 1.165) is 18.5 Å². The van der Waals surface area contributed by atoms with Gasteiger partial charge in [0.15, 0.2) is 0 Å². The molecule has 0 aliphatic heterocycles. The van der Waals surface area contributed by atoms with Crippen molar-refractivity contribution < 1.29 is 4.79 Å². The van der Waals surface area contributed by atoms with E-state index in [1.54, 1.807) is 30.5 Å². The van der Waals surface area contributed by atoms with E-state index in [2.05, 4.69) is 11.1 Å². The van der Waals surface area contributed by atoms with Crippen LogP contribution in [-0.2, 0) is 6.54 Å². The first-order valence-electron chi connectivity index (χ1n) is 6.99. The van der Waals surface area contributed by atoms with Gasteiger partial charge in [0.1, 0.15) is 0 Å². The maximum Gasteiger partial charge on any atom is 0.254 e. The lowest BCUT2D eigenvalue weighted by atomic mass is 10.1. The fourth-order valence-corrected chi connectivity index (χ4v) is 2.31. The molecule has 104 valence electrons. The van der Waals surface area contributed by atoms with Crippen LogP contribution in [0.5, 0.6) is 0 Å². The molecule has 1 aromatic carbocycles. The summed E-state index contributed by atoms with van der Waals surface area (Å²) in [6.45, 7) is 0.515. The van der Waals surface area contributed by atoms with Crippen LogP contribution in [0.3, 0.4) is 0 Å². The number of hydrogen-bond acceptors (Lipinski definition) is 3. The molecule has 4 heteroatoms. The van der Waals surface area contributed by atoms with Crippen molar-refractivity contribution in [1.29, 1.82) is 5.26 Å². The van der Waals surface area contributed by atoms with Gasteiger partial charge in [-0.1, -0.05) is 12.1 Å². The average Bonchev–Trinajstić information content (AvgIpc) is 3.38. The molecule has 3 rings (SSSR count).